The molecule has 2 aromatic rings. The molecule has 0 spiro atoms. The molecule has 3 N–H and O–H groups in total. The second kappa shape index (κ2) is 5.95. The van der Waals surface area contributed by atoms with Gasteiger partial charge in [-0.25, -0.2) is 19.3 Å². The third kappa shape index (κ3) is 3.72. The molecule has 2 heterocycles. The summed E-state index contributed by atoms with van der Waals surface area (Å²) in [6.45, 7) is 4.72. The van der Waals surface area contributed by atoms with Gasteiger partial charge in [-0.3, -0.25) is 4.79 Å². The van der Waals surface area contributed by atoms with Gasteiger partial charge in [-0.15, -0.1) is 0 Å². The molecule has 2 rings (SSSR count). The standard InChI is InChI=1S/C13H12FN5O2/c1-7-3-9(15)13(18-4-7)21-11-6-16-10(5-17-11)19-12(20)8(2)14/h3-6H,2,15H2,1H3,(H,16,19,20). The van der Waals surface area contributed by atoms with Crippen LogP contribution in [0.5, 0.6) is 11.8 Å². The summed E-state index contributed by atoms with van der Waals surface area (Å²) < 4.78 is 17.9. The van der Waals surface area contributed by atoms with Crippen LogP contribution in [0.15, 0.2) is 37.1 Å². The van der Waals surface area contributed by atoms with Crippen LogP contribution in [0.2, 0.25) is 0 Å². The van der Waals surface area contributed by atoms with E-state index in [-0.39, 0.29) is 17.6 Å². The summed E-state index contributed by atoms with van der Waals surface area (Å²) in [7, 11) is 0. The van der Waals surface area contributed by atoms with Crippen molar-refractivity contribution in [3.8, 4) is 11.8 Å². The maximum atomic E-state index is 12.5. The molecular formula is C13H12FN5O2. The Morgan fingerprint density at radius 1 is 1.33 bits per heavy atom. The van der Waals surface area contributed by atoms with Crippen molar-refractivity contribution in [2.75, 3.05) is 11.1 Å². The lowest BCUT2D eigenvalue weighted by Crippen LogP contribution is -2.12. The first-order valence-corrected chi connectivity index (χ1v) is 5.83. The van der Waals surface area contributed by atoms with Gasteiger partial charge < -0.3 is 15.8 Å². The van der Waals surface area contributed by atoms with E-state index in [0.29, 0.717) is 5.69 Å². The minimum Gasteiger partial charge on any atom is -0.417 e. The molecule has 0 atom stereocenters. The number of hydrogen-bond donors (Lipinski definition) is 2. The molecule has 21 heavy (non-hydrogen) atoms. The largest absolute Gasteiger partial charge is 0.417 e. The molecular weight excluding hydrogens is 277 g/mol. The number of nitrogen functional groups attached to an aromatic ring is 1. The average molecular weight is 289 g/mol. The molecule has 108 valence electrons. The van der Waals surface area contributed by atoms with E-state index >= 15 is 0 Å². The molecule has 7 nitrogen and oxygen atoms in total. The van der Waals surface area contributed by atoms with Gasteiger partial charge in [-0.05, 0) is 18.6 Å². The first-order valence-electron chi connectivity index (χ1n) is 5.83. The zero-order valence-electron chi connectivity index (χ0n) is 11.1. The van der Waals surface area contributed by atoms with Crippen LogP contribution in [0.4, 0.5) is 15.9 Å². The number of hydrogen-bond acceptors (Lipinski definition) is 6. The van der Waals surface area contributed by atoms with E-state index in [4.69, 9.17) is 10.5 Å². The average Bonchev–Trinajstić information content (AvgIpc) is 2.43. The lowest BCUT2D eigenvalue weighted by Gasteiger charge is -2.07. The fourth-order valence-corrected chi connectivity index (χ4v) is 1.38. The Bertz CT molecular complexity index is 687. The second-order valence-electron chi connectivity index (χ2n) is 4.11. The van der Waals surface area contributed by atoms with Crippen molar-refractivity contribution in [3.63, 3.8) is 0 Å². The third-order valence-electron chi connectivity index (χ3n) is 2.33. The Morgan fingerprint density at radius 2 is 2.10 bits per heavy atom. The van der Waals surface area contributed by atoms with Crippen molar-refractivity contribution in [2.24, 2.45) is 0 Å². The molecule has 0 unspecified atom stereocenters. The van der Waals surface area contributed by atoms with Gasteiger partial charge in [0.1, 0.15) is 0 Å². The maximum Gasteiger partial charge on any atom is 0.284 e. The fourth-order valence-electron chi connectivity index (χ4n) is 1.38. The van der Waals surface area contributed by atoms with Gasteiger partial charge in [0.25, 0.3) is 5.91 Å². The lowest BCUT2D eigenvalue weighted by atomic mass is 10.3. The predicted octanol–water partition coefficient (Wildman–Crippen LogP) is 1.98. The van der Waals surface area contributed by atoms with Gasteiger partial charge in [0.15, 0.2) is 11.6 Å². The Hall–Kier alpha value is -3.03. The number of pyridine rings is 1. The zero-order chi connectivity index (χ0) is 15.4. The molecule has 0 fully saturated rings. The van der Waals surface area contributed by atoms with E-state index in [0.717, 1.165) is 5.56 Å². The van der Waals surface area contributed by atoms with Crippen LogP contribution in [0, 0.1) is 6.92 Å². The van der Waals surface area contributed by atoms with E-state index < -0.39 is 11.7 Å². The van der Waals surface area contributed by atoms with E-state index in [1.807, 2.05) is 6.92 Å². The second-order valence-corrected chi connectivity index (χ2v) is 4.11. The van der Waals surface area contributed by atoms with Crippen molar-refractivity contribution in [1.82, 2.24) is 15.0 Å². The van der Waals surface area contributed by atoms with Crippen LogP contribution in [0.25, 0.3) is 0 Å². The van der Waals surface area contributed by atoms with E-state index in [9.17, 15) is 9.18 Å². The van der Waals surface area contributed by atoms with Gasteiger partial charge in [0.05, 0.1) is 18.1 Å². The molecule has 0 aliphatic rings. The van der Waals surface area contributed by atoms with E-state index in [1.165, 1.54) is 12.4 Å². The Balaban J connectivity index is 2.09. The van der Waals surface area contributed by atoms with E-state index in [2.05, 4.69) is 26.8 Å². The van der Waals surface area contributed by atoms with Crippen LogP contribution < -0.4 is 15.8 Å². The number of nitrogens with zero attached hydrogens (tertiary/aromatic N) is 3. The quantitative estimate of drug-likeness (QED) is 0.834. The number of rotatable bonds is 4. The monoisotopic (exact) mass is 289 g/mol. The molecule has 2 aromatic heterocycles. The molecule has 0 aliphatic heterocycles. The number of carbonyl (C=O) groups is 1. The topological polar surface area (TPSA) is 103 Å². The molecule has 0 bridgehead atoms. The van der Waals surface area contributed by atoms with Gasteiger partial charge in [0.2, 0.25) is 11.8 Å². The Kier molecular flexibility index (Phi) is 4.07. The highest BCUT2D eigenvalue weighted by molar-refractivity contribution is 6.00. The summed E-state index contributed by atoms with van der Waals surface area (Å²) in [6, 6.07) is 1.71. The summed E-state index contributed by atoms with van der Waals surface area (Å²) in [6.07, 6.45) is 4.05. The molecule has 0 aromatic carbocycles. The number of amides is 1. The van der Waals surface area contributed by atoms with Gasteiger partial charge in [0, 0.05) is 6.20 Å². The minimum atomic E-state index is -1.12. The summed E-state index contributed by atoms with van der Waals surface area (Å²) in [5.74, 6) is -1.70. The Labute approximate surface area is 119 Å². The molecule has 1 amide bonds. The first-order chi connectivity index (χ1) is 9.95. The van der Waals surface area contributed by atoms with Crippen LogP contribution in [0.3, 0.4) is 0 Å². The summed E-state index contributed by atoms with van der Waals surface area (Å²) >= 11 is 0. The predicted molar refractivity (Wildman–Crippen MR) is 74.4 cm³/mol. The van der Waals surface area contributed by atoms with Crippen LogP contribution in [0.1, 0.15) is 5.56 Å². The molecule has 0 saturated heterocycles. The number of halogens is 1. The number of nitrogens with one attached hydrogen (secondary N) is 1. The summed E-state index contributed by atoms with van der Waals surface area (Å²) in [4.78, 5) is 22.8. The van der Waals surface area contributed by atoms with Crippen molar-refractivity contribution < 1.29 is 13.9 Å². The van der Waals surface area contributed by atoms with Gasteiger partial charge in [-0.1, -0.05) is 6.58 Å². The number of carbonyl (C=O) groups excluding carboxylic acids is 1. The van der Waals surface area contributed by atoms with Crippen LogP contribution >= 0.6 is 0 Å². The van der Waals surface area contributed by atoms with Crippen molar-refractivity contribution in [1.29, 1.82) is 0 Å². The normalized spacial score (nSPS) is 10.0. The molecule has 0 aliphatic carbocycles. The number of anilines is 2. The molecule has 0 radical (unpaired) electrons. The van der Waals surface area contributed by atoms with Gasteiger partial charge >= 0.3 is 0 Å². The third-order valence-corrected chi connectivity index (χ3v) is 2.33. The number of aryl methyl sites for hydroxylation is 1. The number of aromatic nitrogens is 3. The first kappa shape index (κ1) is 14.4. The lowest BCUT2D eigenvalue weighted by molar-refractivity contribution is -0.114. The van der Waals surface area contributed by atoms with Gasteiger partial charge in [-0.2, -0.15) is 0 Å². The summed E-state index contributed by atoms with van der Waals surface area (Å²) in [5.41, 5.74) is 7.02. The minimum absolute atomic E-state index is 0.0657. The van der Waals surface area contributed by atoms with Crippen LogP contribution in [-0.4, -0.2) is 20.9 Å². The van der Waals surface area contributed by atoms with E-state index in [1.54, 1.807) is 12.3 Å². The van der Waals surface area contributed by atoms with Crippen LogP contribution in [-0.2, 0) is 4.79 Å². The molecule has 8 heteroatoms. The SMILES string of the molecule is C=C(F)C(=O)Nc1cnc(Oc2ncc(C)cc2N)cn1. The highest BCUT2D eigenvalue weighted by atomic mass is 19.1. The van der Waals surface area contributed by atoms with Crippen molar-refractivity contribution in [3.05, 3.63) is 42.6 Å². The van der Waals surface area contributed by atoms with Crippen molar-refractivity contribution >= 4 is 17.4 Å². The smallest absolute Gasteiger partial charge is 0.284 e. The fraction of sp³-hybridized carbons (Fsp3) is 0.0769. The number of ether oxygens (including phenoxy) is 1. The Morgan fingerprint density at radius 3 is 2.67 bits per heavy atom. The zero-order valence-corrected chi connectivity index (χ0v) is 11.1. The molecule has 0 saturated carbocycles. The van der Waals surface area contributed by atoms with Crippen molar-refractivity contribution in [2.45, 2.75) is 6.92 Å². The summed E-state index contributed by atoms with van der Waals surface area (Å²) in [5, 5.41) is 2.17. The maximum absolute atomic E-state index is 12.5. The number of nitrogens with two attached hydrogens (primary N) is 1. The highest BCUT2D eigenvalue weighted by Gasteiger charge is 2.09. The highest BCUT2D eigenvalue weighted by Crippen LogP contribution is 2.23.